The van der Waals surface area contributed by atoms with Crippen LogP contribution in [0, 0.1) is 6.92 Å². The summed E-state index contributed by atoms with van der Waals surface area (Å²) in [5.41, 5.74) is 2.09. The lowest BCUT2D eigenvalue weighted by atomic mass is 9.99. The Labute approximate surface area is 117 Å². The monoisotopic (exact) mass is 273 g/mol. The van der Waals surface area contributed by atoms with Crippen LogP contribution in [0.2, 0.25) is 0 Å². The molecule has 6 nitrogen and oxygen atoms in total. The molecule has 20 heavy (non-hydrogen) atoms. The standard InChI is InChI=1S/C14H19N5O/c1-11-8-16-18(9-11)10-14(20)19-7-3-2-4-13(19)12-5-6-15-17-12/h5-6,8-9,13H,2-4,7,10H2,1H3,(H,15,17). The third-order valence-corrected chi connectivity index (χ3v) is 3.76. The number of rotatable bonds is 3. The number of amides is 1. The highest BCUT2D eigenvalue weighted by Crippen LogP contribution is 2.29. The number of hydrogen-bond acceptors (Lipinski definition) is 3. The lowest BCUT2D eigenvalue weighted by molar-refractivity contribution is -0.136. The zero-order valence-electron chi connectivity index (χ0n) is 11.6. The van der Waals surface area contributed by atoms with E-state index in [9.17, 15) is 4.79 Å². The Kier molecular flexibility index (Phi) is 3.54. The molecule has 1 N–H and O–H groups in total. The second-order valence-electron chi connectivity index (χ2n) is 5.33. The molecule has 106 valence electrons. The number of H-pyrrole nitrogens is 1. The third-order valence-electron chi connectivity index (χ3n) is 3.76. The van der Waals surface area contributed by atoms with Gasteiger partial charge in [-0.15, -0.1) is 0 Å². The maximum atomic E-state index is 12.5. The highest BCUT2D eigenvalue weighted by Gasteiger charge is 2.28. The number of aryl methyl sites for hydroxylation is 1. The van der Waals surface area contributed by atoms with Gasteiger partial charge in [-0.05, 0) is 37.8 Å². The summed E-state index contributed by atoms with van der Waals surface area (Å²) in [6.45, 7) is 3.09. The number of likely N-dealkylation sites (tertiary alicyclic amines) is 1. The molecule has 3 heterocycles. The fourth-order valence-corrected chi connectivity index (χ4v) is 2.79. The van der Waals surface area contributed by atoms with E-state index in [1.165, 1.54) is 0 Å². The molecule has 0 radical (unpaired) electrons. The van der Waals surface area contributed by atoms with Gasteiger partial charge in [0.15, 0.2) is 0 Å². The Morgan fingerprint density at radius 3 is 3.10 bits per heavy atom. The zero-order valence-corrected chi connectivity index (χ0v) is 11.6. The summed E-state index contributed by atoms with van der Waals surface area (Å²) in [6, 6.07) is 2.07. The molecule has 3 rings (SSSR count). The fourth-order valence-electron chi connectivity index (χ4n) is 2.79. The molecule has 6 heteroatoms. The normalized spacial score (nSPS) is 19.2. The highest BCUT2D eigenvalue weighted by molar-refractivity contribution is 5.76. The van der Waals surface area contributed by atoms with Crippen molar-refractivity contribution in [2.24, 2.45) is 0 Å². The molecule has 0 spiro atoms. The second-order valence-corrected chi connectivity index (χ2v) is 5.33. The Balaban J connectivity index is 1.74. The molecule has 1 unspecified atom stereocenters. The molecule has 0 aromatic carbocycles. The third kappa shape index (κ3) is 2.59. The molecule has 0 aliphatic carbocycles. The van der Waals surface area contributed by atoms with E-state index in [1.54, 1.807) is 17.1 Å². The molecule has 2 aromatic heterocycles. The van der Waals surface area contributed by atoms with Crippen molar-refractivity contribution in [3.8, 4) is 0 Å². The van der Waals surface area contributed by atoms with Crippen molar-refractivity contribution >= 4 is 5.91 Å². The Morgan fingerprint density at radius 2 is 2.40 bits per heavy atom. The molecule has 2 aromatic rings. The van der Waals surface area contributed by atoms with Gasteiger partial charge in [-0.1, -0.05) is 0 Å². The summed E-state index contributed by atoms with van der Waals surface area (Å²) in [4.78, 5) is 14.5. The van der Waals surface area contributed by atoms with Crippen molar-refractivity contribution < 1.29 is 4.79 Å². The van der Waals surface area contributed by atoms with Gasteiger partial charge >= 0.3 is 0 Å². The molecule has 1 fully saturated rings. The first-order valence-corrected chi connectivity index (χ1v) is 7.02. The van der Waals surface area contributed by atoms with E-state index in [2.05, 4.69) is 15.3 Å². The highest BCUT2D eigenvalue weighted by atomic mass is 16.2. The van der Waals surface area contributed by atoms with Gasteiger partial charge in [0.1, 0.15) is 6.54 Å². The molecular formula is C14H19N5O. The molecule has 1 aliphatic heterocycles. The summed E-state index contributed by atoms with van der Waals surface area (Å²) < 4.78 is 1.70. The van der Waals surface area contributed by atoms with Crippen LogP contribution < -0.4 is 0 Å². The van der Waals surface area contributed by atoms with Gasteiger partial charge in [-0.2, -0.15) is 10.2 Å². The molecule has 1 atom stereocenters. The maximum Gasteiger partial charge on any atom is 0.244 e. The van der Waals surface area contributed by atoms with Crippen LogP contribution in [0.15, 0.2) is 24.7 Å². The summed E-state index contributed by atoms with van der Waals surface area (Å²) in [5, 5.41) is 11.2. The largest absolute Gasteiger partial charge is 0.333 e. The minimum Gasteiger partial charge on any atom is -0.333 e. The van der Waals surface area contributed by atoms with Gasteiger partial charge < -0.3 is 4.90 Å². The van der Waals surface area contributed by atoms with Crippen LogP contribution in [0.5, 0.6) is 0 Å². The molecule has 0 saturated carbocycles. The number of aromatic amines is 1. The molecule has 0 bridgehead atoms. The van der Waals surface area contributed by atoms with E-state index in [0.717, 1.165) is 37.1 Å². The van der Waals surface area contributed by atoms with Crippen LogP contribution in [0.1, 0.15) is 36.6 Å². The summed E-state index contributed by atoms with van der Waals surface area (Å²) in [5.74, 6) is 0.118. The van der Waals surface area contributed by atoms with Gasteiger partial charge in [0.2, 0.25) is 5.91 Å². The quantitative estimate of drug-likeness (QED) is 0.925. The number of aromatic nitrogens is 4. The summed E-state index contributed by atoms with van der Waals surface area (Å²) >= 11 is 0. The Bertz CT molecular complexity index is 574. The first kappa shape index (κ1) is 12.9. The van der Waals surface area contributed by atoms with Crippen molar-refractivity contribution in [3.05, 3.63) is 35.9 Å². The van der Waals surface area contributed by atoms with Crippen LogP contribution in [0.3, 0.4) is 0 Å². The first-order valence-electron chi connectivity index (χ1n) is 7.02. The minimum absolute atomic E-state index is 0.118. The lowest BCUT2D eigenvalue weighted by Crippen LogP contribution is -2.40. The topological polar surface area (TPSA) is 66.8 Å². The number of nitrogens with zero attached hydrogens (tertiary/aromatic N) is 4. The molecule has 1 saturated heterocycles. The van der Waals surface area contributed by atoms with Crippen LogP contribution in [0.25, 0.3) is 0 Å². The van der Waals surface area contributed by atoms with Crippen molar-refractivity contribution in [2.75, 3.05) is 6.54 Å². The van der Waals surface area contributed by atoms with Crippen LogP contribution in [-0.4, -0.2) is 37.3 Å². The number of piperidine rings is 1. The van der Waals surface area contributed by atoms with Gasteiger partial charge in [-0.25, -0.2) is 0 Å². The number of carbonyl (C=O) groups is 1. The van der Waals surface area contributed by atoms with E-state index < -0.39 is 0 Å². The zero-order chi connectivity index (χ0) is 13.9. The summed E-state index contributed by atoms with van der Waals surface area (Å²) in [6.07, 6.45) is 8.61. The number of hydrogen-bond donors (Lipinski definition) is 1. The van der Waals surface area contributed by atoms with Crippen LogP contribution >= 0.6 is 0 Å². The van der Waals surface area contributed by atoms with Gasteiger partial charge in [0.25, 0.3) is 0 Å². The minimum atomic E-state index is 0.118. The van der Waals surface area contributed by atoms with Crippen molar-refractivity contribution in [1.29, 1.82) is 0 Å². The summed E-state index contributed by atoms with van der Waals surface area (Å²) in [7, 11) is 0. The van der Waals surface area contributed by atoms with Gasteiger partial charge in [0, 0.05) is 18.9 Å². The SMILES string of the molecule is Cc1cnn(CC(=O)N2CCCCC2c2ccn[nH]2)c1. The van der Waals surface area contributed by atoms with Crippen molar-refractivity contribution in [2.45, 2.75) is 38.8 Å². The van der Waals surface area contributed by atoms with E-state index in [1.807, 2.05) is 24.1 Å². The van der Waals surface area contributed by atoms with Gasteiger partial charge in [-0.3, -0.25) is 14.6 Å². The van der Waals surface area contributed by atoms with E-state index >= 15 is 0 Å². The Hall–Kier alpha value is -2.11. The van der Waals surface area contributed by atoms with Crippen LogP contribution in [-0.2, 0) is 11.3 Å². The predicted octanol–water partition coefficient (Wildman–Crippen LogP) is 1.67. The van der Waals surface area contributed by atoms with Crippen molar-refractivity contribution in [1.82, 2.24) is 24.9 Å². The lowest BCUT2D eigenvalue weighted by Gasteiger charge is -2.35. The van der Waals surface area contributed by atoms with E-state index in [-0.39, 0.29) is 11.9 Å². The second kappa shape index (κ2) is 5.48. The fraction of sp³-hybridized carbons (Fsp3) is 0.500. The molecular weight excluding hydrogens is 254 g/mol. The predicted molar refractivity (Wildman–Crippen MR) is 73.9 cm³/mol. The van der Waals surface area contributed by atoms with E-state index in [4.69, 9.17) is 0 Å². The van der Waals surface area contributed by atoms with E-state index in [0.29, 0.717) is 6.54 Å². The first-order chi connectivity index (χ1) is 9.74. The number of nitrogens with one attached hydrogen (secondary N) is 1. The van der Waals surface area contributed by atoms with Crippen LogP contribution in [0.4, 0.5) is 0 Å². The number of carbonyl (C=O) groups excluding carboxylic acids is 1. The maximum absolute atomic E-state index is 12.5. The average molecular weight is 273 g/mol. The van der Waals surface area contributed by atoms with Crippen molar-refractivity contribution in [3.63, 3.8) is 0 Å². The molecule has 1 aliphatic rings. The average Bonchev–Trinajstić information content (AvgIpc) is 3.10. The Morgan fingerprint density at radius 1 is 1.50 bits per heavy atom. The smallest absolute Gasteiger partial charge is 0.244 e. The molecule has 1 amide bonds. The van der Waals surface area contributed by atoms with Gasteiger partial charge in [0.05, 0.1) is 17.9 Å².